The van der Waals surface area contributed by atoms with E-state index in [2.05, 4.69) is 35.7 Å². The number of nitrogens with zero attached hydrogens (tertiary/aromatic N) is 8. The Hall–Kier alpha value is -4.78. The van der Waals surface area contributed by atoms with Crippen LogP contribution in [0, 0.1) is 10.1 Å². The molecule has 26 heteroatoms. The molecule has 0 aliphatic carbocycles. The van der Waals surface area contributed by atoms with E-state index in [9.17, 15) is 56.5 Å². The molecule has 7 aromatic carbocycles. The second kappa shape index (κ2) is 26.1. The fourth-order valence-electron chi connectivity index (χ4n) is 5.28. The zero-order valence-electron chi connectivity index (χ0n) is 35.1. The number of nitro groups is 1. The normalized spacial score (nSPS) is 11.3. The van der Waals surface area contributed by atoms with Gasteiger partial charge in [0, 0.05) is 23.7 Å². The van der Waals surface area contributed by atoms with Gasteiger partial charge in [-0.3, -0.25) is 15.1 Å². The molecule has 67 heavy (non-hydrogen) atoms. The molecule has 1 radical (unpaired) electrons. The number of rotatable bonds is 11. The van der Waals surface area contributed by atoms with Crippen molar-refractivity contribution in [1.29, 1.82) is 0 Å². The standard InChI is InChI=1S/C25H19N5O5S.C16H11N3O7S.Cr.3Na/c31-24-12-10-21(14-17(24)16-26-23-15-22(36(33,34)35)11-13-25(23)32)30-29-20-8-6-19(7-9-20)28-27-18-4-2-1-3-5-18;20-13-6-5-9-3-1-2-4-11(9)15(13)18-17-12-7-10(19(22)23)8-14(16(12)21)27(24,25)26;;;;/h1-16,31-32H,(H,33,34,35);1-8,20-21H,(H,24,25,26);;;;/q;;+3;3*+1/p-6. The molecule has 7 aromatic rings. The largest absolute Gasteiger partial charge is 3.00 e. The predicted octanol–water partition coefficient (Wildman–Crippen LogP) is -1.46. The third-order valence-corrected chi connectivity index (χ3v) is 10.0. The molecule has 0 saturated carbocycles. The molecule has 20 nitrogen and oxygen atoms in total. The Bertz CT molecular complexity index is 3230. The van der Waals surface area contributed by atoms with Crippen LogP contribution in [0.2, 0.25) is 0 Å². The van der Waals surface area contributed by atoms with Gasteiger partial charge in [0.25, 0.3) is 5.69 Å². The van der Waals surface area contributed by atoms with Gasteiger partial charge in [-0.1, -0.05) is 89.7 Å². The zero-order chi connectivity index (χ0) is 45.3. The molecule has 0 aliphatic rings. The van der Waals surface area contributed by atoms with Crippen molar-refractivity contribution in [2.75, 3.05) is 0 Å². The maximum atomic E-state index is 12.2. The molecule has 0 saturated heterocycles. The summed E-state index contributed by atoms with van der Waals surface area (Å²) in [7, 11) is -10.0. The van der Waals surface area contributed by atoms with Crippen LogP contribution in [0.1, 0.15) is 5.56 Å². The first-order chi connectivity index (χ1) is 30.0. The third kappa shape index (κ3) is 16.2. The van der Waals surface area contributed by atoms with Crippen molar-refractivity contribution in [2.45, 2.75) is 9.79 Å². The maximum absolute atomic E-state index is 12.2. The van der Waals surface area contributed by atoms with Gasteiger partial charge in [-0.05, 0) is 71.6 Å². The average Bonchev–Trinajstić information content (AvgIpc) is 3.25. The van der Waals surface area contributed by atoms with Crippen LogP contribution in [-0.2, 0) is 37.6 Å². The van der Waals surface area contributed by atoms with Gasteiger partial charge in [-0.2, -0.15) is 30.7 Å². The van der Waals surface area contributed by atoms with Crippen LogP contribution in [0.3, 0.4) is 0 Å². The summed E-state index contributed by atoms with van der Waals surface area (Å²) in [6.07, 6.45) is 1.10. The molecule has 0 bridgehead atoms. The Morgan fingerprint density at radius 2 is 1.04 bits per heavy atom. The van der Waals surface area contributed by atoms with E-state index in [-0.39, 0.29) is 123 Å². The average molecular weight is 1010 g/mol. The summed E-state index contributed by atoms with van der Waals surface area (Å²) in [5.41, 5.74) is 0.370. The minimum atomic E-state index is -5.27. The summed E-state index contributed by atoms with van der Waals surface area (Å²) in [6.45, 7) is 0. The van der Waals surface area contributed by atoms with E-state index in [4.69, 9.17) is 0 Å². The number of benzene rings is 7. The van der Waals surface area contributed by atoms with Crippen molar-refractivity contribution in [1.82, 2.24) is 0 Å². The van der Waals surface area contributed by atoms with E-state index in [1.54, 1.807) is 54.6 Å². The summed E-state index contributed by atoms with van der Waals surface area (Å²) < 4.78 is 67.1. The van der Waals surface area contributed by atoms with Crippen molar-refractivity contribution < 1.29 is 157 Å². The number of non-ortho nitro benzene ring substituents is 1. The van der Waals surface area contributed by atoms with Crippen molar-refractivity contribution in [3.8, 4) is 23.0 Å². The number of fused-ring (bicyclic) bond motifs is 1. The third-order valence-electron chi connectivity index (χ3n) is 8.34. The van der Waals surface area contributed by atoms with Gasteiger partial charge in [-0.15, -0.1) is 0 Å². The van der Waals surface area contributed by atoms with Crippen LogP contribution >= 0.6 is 0 Å². The number of aliphatic imine (C=N–C) groups is 1. The van der Waals surface area contributed by atoms with Gasteiger partial charge in [0.2, 0.25) is 0 Å². The molecule has 0 heterocycles. The first-order valence-electron chi connectivity index (χ1n) is 17.6. The molecule has 0 N–H and O–H groups in total. The molecule has 321 valence electrons. The van der Waals surface area contributed by atoms with Gasteiger partial charge in [-0.25, -0.2) is 16.8 Å². The predicted molar refractivity (Wildman–Crippen MR) is 216 cm³/mol. The topological polar surface area (TPSA) is 336 Å². The zero-order valence-corrected chi connectivity index (χ0v) is 44.0. The van der Waals surface area contributed by atoms with Gasteiger partial charge in [0.15, 0.2) is 0 Å². The Labute approximate surface area is 458 Å². The van der Waals surface area contributed by atoms with Crippen molar-refractivity contribution in [2.24, 2.45) is 35.7 Å². The van der Waals surface area contributed by atoms with Crippen LogP contribution in [0.15, 0.2) is 185 Å². The van der Waals surface area contributed by atoms with Crippen molar-refractivity contribution in [3.05, 3.63) is 155 Å². The van der Waals surface area contributed by atoms with Crippen LogP contribution in [0.4, 0.5) is 45.5 Å². The Balaban J connectivity index is 0.000000449. The second-order valence-electron chi connectivity index (χ2n) is 12.7. The van der Waals surface area contributed by atoms with Crippen LogP contribution in [-0.4, -0.2) is 37.1 Å². The molecule has 0 aliphatic heterocycles. The molecular formula is C41H24CrN8Na3O12S2. The minimum Gasteiger partial charge on any atom is -0.872 e. The quantitative estimate of drug-likeness (QED) is 0.0359. The van der Waals surface area contributed by atoms with Gasteiger partial charge >= 0.3 is 106 Å². The summed E-state index contributed by atoms with van der Waals surface area (Å²) in [5, 5.41) is 84.0. The molecule has 0 unspecified atom stereocenters. The Morgan fingerprint density at radius 3 is 1.64 bits per heavy atom. The van der Waals surface area contributed by atoms with Crippen LogP contribution in [0.5, 0.6) is 23.0 Å². The summed E-state index contributed by atoms with van der Waals surface area (Å²) in [6, 6.07) is 33.5. The van der Waals surface area contributed by atoms with E-state index in [0.717, 1.165) is 30.1 Å². The summed E-state index contributed by atoms with van der Waals surface area (Å²) in [5.74, 6) is -2.86. The van der Waals surface area contributed by atoms with Crippen molar-refractivity contribution >= 4 is 82.7 Å². The van der Waals surface area contributed by atoms with E-state index in [0.29, 0.717) is 40.0 Å². The monoisotopic (exact) mass is 1010 g/mol. The Morgan fingerprint density at radius 1 is 0.507 bits per heavy atom. The van der Waals surface area contributed by atoms with Crippen LogP contribution < -0.4 is 109 Å². The van der Waals surface area contributed by atoms with Crippen LogP contribution in [0.25, 0.3) is 10.8 Å². The molecule has 0 aromatic heterocycles. The molecule has 7 rings (SSSR count). The first kappa shape index (κ1) is 58.3. The second-order valence-corrected chi connectivity index (χ2v) is 15.4. The minimum absolute atomic E-state index is 0. The number of hydrogen-bond donors (Lipinski definition) is 0. The molecule has 0 atom stereocenters. The fourth-order valence-corrected chi connectivity index (χ4v) is 6.37. The van der Waals surface area contributed by atoms with E-state index < -0.39 is 69.3 Å². The molecule has 0 spiro atoms. The first-order valence-corrected chi connectivity index (χ1v) is 20.4. The summed E-state index contributed by atoms with van der Waals surface area (Å²) in [4.78, 5) is 11.9. The summed E-state index contributed by atoms with van der Waals surface area (Å²) >= 11 is 0. The number of nitro benzene ring substituents is 1. The molecular weight excluding hydrogens is 982 g/mol. The molecule has 0 fully saturated rings. The van der Waals surface area contributed by atoms with E-state index in [1.165, 1.54) is 24.3 Å². The van der Waals surface area contributed by atoms with E-state index >= 15 is 0 Å². The van der Waals surface area contributed by atoms with E-state index in [1.807, 2.05) is 30.3 Å². The van der Waals surface area contributed by atoms with Gasteiger partial charge in [0.05, 0.1) is 54.5 Å². The SMILES string of the molecule is O=S(=O)([O-])c1ccc([O-])c(N=Cc2cc(N=Nc3ccc(N=Nc4ccccc4)cc3)ccc2[O-])c1.O=[N+]([O-])c1cc(N=Nc2c([O-])ccc3ccccc23)c([O-])c(S(=O)(=O)[O-])c1.[Cr+3].[Na+].[Na+].[Na+]. The Kier molecular flexibility index (Phi) is 22.7. The maximum Gasteiger partial charge on any atom is 3.00 e. The van der Waals surface area contributed by atoms with Crippen molar-refractivity contribution in [3.63, 3.8) is 0 Å². The number of azo groups is 3. The molecule has 0 amide bonds. The fraction of sp³-hybridized carbons (Fsp3) is 0. The number of hydrogen-bond acceptors (Lipinski definition) is 19. The smallest absolute Gasteiger partial charge is 0.872 e. The van der Waals surface area contributed by atoms with Gasteiger partial charge < -0.3 is 29.5 Å². The van der Waals surface area contributed by atoms with Gasteiger partial charge in [0.1, 0.15) is 20.2 Å².